The molecule has 0 bridgehead atoms. The van der Waals surface area contributed by atoms with Crippen LogP contribution in [0.2, 0.25) is 0 Å². The van der Waals surface area contributed by atoms with E-state index in [4.69, 9.17) is 4.55 Å². The lowest BCUT2D eigenvalue weighted by molar-refractivity contribution is -0.114. The van der Waals surface area contributed by atoms with Gasteiger partial charge in [-0.2, -0.15) is 8.42 Å². The van der Waals surface area contributed by atoms with Gasteiger partial charge in [0, 0.05) is 12.6 Å². The molecule has 0 atom stereocenters. The second-order valence-corrected chi connectivity index (χ2v) is 4.11. The van der Waals surface area contributed by atoms with Gasteiger partial charge in [-0.1, -0.05) is 6.07 Å². The molecular formula is C8H11NO5S. The number of carbonyl (C=O) groups excluding carboxylic acids is 1. The molecule has 84 valence electrons. The molecule has 0 aliphatic rings. The molecule has 1 rings (SSSR count). The van der Waals surface area contributed by atoms with Gasteiger partial charge in [0.15, 0.2) is 0 Å². The van der Waals surface area contributed by atoms with Crippen molar-refractivity contribution in [2.45, 2.75) is 11.8 Å². The topological polar surface area (TPSA) is 115 Å². The first-order chi connectivity index (χ1) is 6.39. The molecule has 1 amide bonds. The van der Waals surface area contributed by atoms with Crippen molar-refractivity contribution in [2.24, 2.45) is 0 Å². The summed E-state index contributed by atoms with van der Waals surface area (Å²) in [7, 11) is -4.21. The highest BCUT2D eigenvalue weighted by molar-refractivity contribution is 7.85. The first kappa shape index (κ1) is 13.6. The van der Waals surface area contributed by atoms with Gasteiger partial charge < -0.3 is 10.8 Å². The van der Waals surface area contributed by atoms with Crippen molar-refractivity contribution in [1.29, 1.82) is 0 Å². The van der Waals surface area contributed by atoms with Crippen LogP contribution in [0.5, 0.6) is 0 Å². The van der Waals surface area contributed by atoms with E-state index in [0.29, 0.717) is 5.69 Å². The van der Waals surface area contributed by atoms with Gasteiger partial charge in [0.1, 0.15) is 0 Å². The van der Waals surface area contributed by atoms with Crippen molar-refractivity contribution in [2.75, 3.05) is 5.32 Å². The summed E-state index contributed by atoms with van der Waals surface area (Å²) in [4.78, 5) is 10.4. The predicted octanol–water partition coefficient (Wildman–Crippen LogP) is 0.0670. The fraction of sp³-hybridized carbons (Fsp3) is 0.125. The van der Waals surface area contributed by atoms with Crippen LogP contribution in [0.15, 0.2) is 29.2 Å². The van der Waals surface area contributed by atoms with E-state index in [1.54, 1.807) is 0 Å². The molecule has 0 saturated carbocycles. The van der Waals surface area contributed by atoms with Crippen molar-refractivity contribution in [3.63, 3.8) is 0 Å². The highest BCUT2D eigenvalue weighted by atomic mass is 32.2. The third-order valence-electron chi connectivity index (χ3n) is 1.45. The van der Waals surface area contributed by atoms with Crippen LogP contribution in [-0.4, -0.2) is 24.4 Å². The van der Waals surface area contributed by atoms with Crippen LogP contribution in [0.1, 0.15) is 6.92 Å². The first-order valence-electron chi connectivity index (χ1n) is 3.75. The van der Waals surface area contributed by atoms with Gasteiger partial charge >= 0.3 is 0 Å². The first-order valence-corrected chi connectivity index (χ1v) is 5.19. The highest BCUT2D eigenvalue weighted by Gasteiger charge is 2.09. The Morgan fingerprint density at radius 1 is 1.40 bits per heavy atom. The third-order valence-corrected chi connectivity index (χ3v) is 2.30. The molecule has 1 aromatic rings. The second kappa shape index (κ2) is 4.87. The fourth-order valence-electron chi connectivity index (χ4n) is 0.938. The van der Waals surface area contributed by atoms with E-state index in [-0.39, 0.29) is 16.3 Å². The van der Waals surface area contributed by atoms with Gasteiger partial charge in [0.2, 0.25) is 5.91 Å². The van der Waals surface area contributed by atoms with Crippen molar-refractivity contribution in [3.8, 4) is 0 Å². The monoisotopic (exact) mass is 233 g/mol. The molecular weight excluding hydrogens is 222 g/mol. The van der Waals surface area contributed by atoms with E-state index in [2.05, 4.69) is 5.32 Å². The summed E-state index contributed by atoms with van der Waals surface area (Å²) in [6.07, 6.45) is 0. The molecule has 0 fully saturated rings. The van der Waals surface area contributed by atoms with Crippen LogP contribution >= 0.6 is 0 Å². The molecule has 0 heterocycles. The molecule has 0 radical (unpaired) electrons. The van der Waals surface area contributed by atoms with Crippen LogP contribution in [-0.2, 0) is 14.9 Å². The molecule has 0 aliphatic heterocycles. The van der Waals surface area contributed by atoms with Crippen LogP contribution in [0.25, 0.3) is 0 Å². The number of benzene rings is 1. The second-order valence-electron chi connectivity index (χ2n) is 2.68. The molecule has 0 aliphatic carbocycles. The van der Waals surface area contributed by atoms with Crippen molar-refractivity contribution < 1.29 is 23.2 Å². The summed E-state index contributed by atoms with van der Waals surface area (Å²) in [6.45, 7) is 1.31. The minimum absolute atomic E-state index is 0. The molecule has 15 heavy (non-hydrogen) atoms. The summed E-state index contributed by atoms with van der Waals surface area (Å²) >= 11 is 0. The Labute approximate surface area is 87.0 Å². The van der Waals surface area contributed by atoms with Gasteiger partial charge in [-0.3, -0.25) is 9.35 Å². The van der Waals surface area contributed by atoms with E-state index in [1.165, 1.54) is 31.2 Å². The van der Waals surface area contributed by atoms with E-state index < -0.39 is 10.1 Å². The van der Waals surface area contributed by atoms with Crippen LogP contribution in [0.4, 0.5) is 5.69 Å². The molecule has 0 spiro atoms. The lowest BCUT2D eigenvalue weighted by Crippen LogP contribution is -2.06. The predicted molar refractivity (Wildman–Crippen MR) is 54.2 cm³/mol. The molecule has 4 N–H and O–H groups in total. The SMILES string of the molecule is CC(=O)Nc1cccc(S(=O)(=O)O)c1.O. The zero-order valence-electron chi connectivity index (χ0n) is 7.89. The Balaban J connectivity index is 0.00000196. The summed E-state index contributed by atoms with van der Waals surface area (Å²) in [5.74, 6) is -0.308. The van der Waals surface area contributed by atoms with Crippen LogP contribution in [0, 0.1) is 0 Å². The Morgan fingerprint density at radius 2 is 2.00 bits per heavy atom. The quantitative estimate of drug-likeness (QED) is 0.703. The van der Waals surface area contributed by atoms with Gasteiger partial charge in [-0.05, 0) is 18.2 Å². The Bertz CT molecular complexity index is 454. The van der Waals surface area contributed by atoms with Crippen molar-refractivity contribution in [1.82, 2.24) is 0 Å². The summed E-state index contributed by atoms with van der Waals surface area (Å²) in [5.41, 5.74) is 0.327. The van der Waals surface area contributed by atoms with Gasteiger partial charge in [0.25, 0.3) is 10.1 Å². The van der Waals surface area contributed by atoms with E-state index >= 15 is 0 Å². The smallest absolute Gasteiger partial charge is 0.294 e. The molecule has 6 nitrogen and oxygen atoms in total. The molecule has 0 aromatic heterocycles. The number of hydrogen-bond acceptors (Lipinski definition) is 3. The van der Waals surface area contributed by atoms with E-state index in [0.717, 1.165) is 0 Å². The average molecular weight is 233 g/mol. The molecule has 1 aromatic carbocycles. The maximum atomic E-state index is 10.7. The Morgan fingerprint density at radius 3 is 2.47 bits per heavy atom. The van der Waals surface area contributed by atoms with Gasteiger partial charge in [-0.15, -0.1) is 0 Å². The third kappa shape index (κ3) is 4.07. The Kier molecular flexibility index (Phi) is 4.40. The number of hydrogen-bond donors (Lipinski definition) is 2. The average Bonchev–Trinajstić information content (AvgIpc) is 2.01. The zero-order chi connectivity index (χ0) is 10.8. The van der Waals surface area contributed by atoms with Crippen LogP contribution < -0.4 is 5.32 Å². The van der Waals surface area contributed by atoms with Crippen LogP contribution in [0.3, 0.4) is 0 Å². The number of rotatable bonds is 2. The van der Waals surface area contributed by atoms with E-state index in [1.807, 2.05) is 0 Å². The number of carbonyl (C=O) groups is 1. The van der Waals surface area contributed by atoms with Gasteiger partial charge in [0.05, 0.1) is 4.90 Å². The minimum atomic E-state index is -4.21. The summed E-state index contributed by atoms with van der Waals surface area (Å²) < 4.78 is 30.1. The maximum absolute atomic E-state index is 10.7. The number of anilines is 1. The van der Waals surface area contributed by atoms with Crippen molar-refractivity contribution in [3.05, 3.63) is 24.3 Å². The van der Waals surface area contributed by atoms with E-state index in [9.17, 15) is 13.2 Å². The maximum Gasteiger partial charge on any atom is 0.294 e. The summed E-state index contributed by atoms with van der Waals surface area (Å²) in [6, 6.07) is 5.36. The standard InChI is InChI=1S/C8H9NO4S.H2O/c1-6(10)9-7-3-2-4-8(5-7)14(11,12)13;/h2-5H,1H3,(H,9,10)(H,11,12,13);1H2. The molecule has 0 unspecified atom stereocenters. The highest BCUT2D eigenvalue weighted by Crippen LogP contribution is 2.14. The van der Waals surface area contributed by atoms with Gasteiger partial charge in [-0.25, -0.2) is 0 Å². The number of nitrogens with one attached hydrogen (secondary N) is 1. The molecule has 7 heteroatoms. The molecule has 0 saturated heterocycles. The zero-order valence-corrected chi connectivity index (χ0v) is 8.71. The normalized spacial score (nSPS) is 10.3. The minimum Gasteiger partial charge on any atom is -0.412 e. The fourth-order valence-corrected chi connectivity index (χ4v) is 1.46. The Hall–Kier alpha value is -1.44. The lowest BCUT2D eigenvalue weighted by Gasteiger charge is -2.02. The van der Waals surface area contributed by atoms with Crippen molar-refractivity contribution >= 4 is 21.7 Å². The largest absolute Gasteiger partial charge is 0.412 e. The lowest BCUT2D eigenvalue weighted by atomic mass is 10.3. The number of amides is 1. The summed E-state index contributed by atoms with van der Waals surface area (Å²) in [5, 5.41) is 2.40.